The molecular weight excluding hydrogens is 777 g/mol. The zero-order valence-electron chi connectivity index (χ0n) is 41.5. The summed E-state index contributed by atoms with van der Waals surface area (Å²) in [6, 6.07) is 0. The number of nitrogens with one attached hydrogen (secondary N) is 1. The fourth-order valence-corrected chi connectivity index (χ4v) is 8.40. The van der Waals surface area contributed by atoms with Gasteiger partial charge in [-0.25, -0.2) is 0 Å². The van der Waals surface area contributed by atoms with Gasteiger partial charge in [0.05, 0.1) is 18.8 Å². The van der Waals surface area contributed by atoms with E-state index in [-0.39, 0.29) is 31.1 Å². The van der Waals surface area contributed by atoms with Crippen molar-refractivity contribution in [2.75, 3.05) is 45.9 Å². The molecule has 0 heterocycles. The molecule has 2 atom stereocenters. The van der Waals surface area contributed by atoms with E-state index < -0.39 is 12.2 Å². The van der Waals surface area contributed by atoms with E-state index in [2.05, 4.69) is 31.0 Å². The molecule has 9 heteroatoms. The summed E-state index contributed by atoms with van der Waals surface area (Å²) in [7, 11) is 0. The molecule has 62 heavy (non-hydrogen) atoms. The van der Waals surface area contributed by atoms with Gasteiger partial charge in [0, 0.05) is 19.4 Å². The molecule has 0 aromatic carbocycles. The number of hydrogen-bond acceptors (Lipinski definition) is 9. The fraction of sp³-hybridized carbons (Fsp3) is 0.962. The number of hydrogen-bond donors (Lipinski definition) is 4. The van der Waals surface area contributed by atoms with Crippen LogP contribution in [0.5, 0.6) is 0 Å². The zero-order valence-corrected chi connectivity index (χ0v) is 41.5. The number of nitrogens with zero attached hydrogens (tertiary/aromatic N) is 1. The van der Waals surface area contributed by atoms with E-state index in [1.807, 2.05) is 0 Å². The Morgan fingerprint density at radius 2 is 0.855 bits per heavy atom. The molecule has 0 aromatic heterocycles. The third-order valence-electron chi connectivity index (χ3n) is 12.6. The molecule has 0 aliphatic carbocycles. The predicted molar refractivity (Wildman–Crippen MR) is 262 cm³/mol. The van der Waals surface area contributed by atoms with Gasteiger partial charge in [-0.15, -0.1) is 0 Å². The first-order valence-corrected chi connectivity index (χ1v) is 27.1. The molecule has 370 valence electrons. The van der Waals surface area contributed by atoms with E-state index in [0.29, 0.717) is 25.9 Å². The largest absolute Gasteiger partial charge is 0.466 e. The number of carbonyl (C=O) groups is 2. The van der Waals surface area contributed by atoms with Crippen LogP contribution in [0.15, 0.2) is 0 Å². The highest BCUT2D eigenvalue weighted by Gasteiger charge is 2.16. The smallest absolute Gasteiger partial charge is 0.306 e. The Balaban J connectivity index is 4.52. The minimum absolute atomic E-state index is 0.00846. The van der Waals surface area contributed by atoms with Crippen LogP contribution in [0, 0.1) is 0 Å². The highest BCUT2D eigenvalue weighted by Crippen LogP contribution is 2.19. The van der Waals surface area contributed by atoms with E-state index in [9.17, 15) is 19.8 Å². The Hall–Kier alpha value is -1.26. The van der Waals surface area contributed by atoms with Crippen molar-refractivity contribution in [2.24, 2.45) is 0 Å². The van der Waals surface area contributed by atoms with E-state index in [4.69, 9.17) is 14.6 Å². The van der Waals surface area contributed by atoms with Crippen LogP contribution in [0.4, 0.5) is 0 Å². The summed E-state index contributed by atoms with van der Waals surface area (Å²) < 4.78 is 11.6. The number of esters is 2. The Kier molecular flexibility index (Phi) is 48.2. The maximum Gasteiger partial charge on any atom is 0.306 e. The number of ether oxygens (including phenoxy) is 2. The summed E-state index contributed by atoms with van der Waals surface area (Å²) in [5.41, 5.74) is 0. The monoisotopic (exact) mass is 883 g/mol. The second-order valence-electron chi connectivity index (χ2n) is 18.7. The van der Waals surface area contributed by atoms with E-state index in [0.717, 1.165) is 123 Å². The van der Waals surface area contributed by atoms with Crippen molar-refractivity contribution < 1.29 is 34.4 Å². The molecule has 0 rings (SSSR count). The lowest BCUT2D eigenvalue weighted by molar-refractivity contribution is -0.150. The van der Waals surface area contributed by atoms with Gasteiger partial charge in [0.1, 0.15) is 6.10 Å². The third kappa shape index (κ3) is 44.0. The predicted octanol–water partition coefficient (Wildman–Crippen LogP) is 12.9. The quantitative estimate of drug-likeness (QED) is 0.0349. The average Bonchev–Trinajstić information content (AvgIpc) is 3.26. The second-order valence-corrected chi connectivity index (χ2v) is 18.7. The van der Waals surface area contributed by atoms with Gasteiger partial charge in [0.2, 0.25) is 0 Å². The number of aliphatic hydroxyl groups is 3. The van der Waals surface area contributed by atoms with Gasteiger partial charge in [-0.3, -0.25) is 9.59 Å². The van der Waals surface area contributed by atoms with Crippen LogP contribution in [-0.2, 0) is 19.1 Å². The molecule has 0 aliphatic heterocycles. The first kappa shape index (κ1) is 60.7. The molecule has 0 bridgehead atoms. The lowest BCUT2D eigenvalue weighted by atomic mass is 10.0. The third-order valence-corrected chi connectivity index (χ3v) is 12.6. The Bertz CT molecular complexity index is 908. The van der Waals surface area contributed by atoms with Crippen LogP contribution in [0.1, 0.15) is 265 Å². The van der Waals surface area contributed by atoms with Crippen molar-refractivity contribution in [3.8, 4) is 0 Å². The molecule has 0 aliphatic rings. The van der Waals surface area contributed by atoms with Crippen molar-refractivity contribution in [1.29, 1.82) is 0 Å². The van der Waals surface area contributed by atoms with Crippen molar-refractivity contribution in [2.45, 2.75) is 283 Å². The van der Waals surface area contributed by atoms with Crippen LogP contribution in [0.25, 0.3) is 0 Å². The SMILES string of the molecule is CCCCCCCCCCCOC(=O)CCCCCN(CCCCCCCC(=O)OC(CCCCCCCC)CCCCCCCC)CCCCNCCCC(O)C(O)CCO. The summed E-state index contributed by atoms with van der Waals surface area (Å²) in [6.07, 6.45) is 40.5. The maximum atomic E-state index is 12.9. The summed E-state index contributed by atoms with van der Waals surface area (Å²) >= 11 is 0. The maximum absolute atomic E-state index is 12.9. The van der Waals surface area contributed by atoms with Gasteiger partial charge in [0.15, 0.2) is 0 Å². The summed E-state index contributed by atoms with van der Waals surface area (Å²) in [5, 5.41) is 32.3. The van der Waals surface area contributed by atoms with Crippen molar-refractivity contribution >= 4 is 11.9 Å². The molecule has 4 N–H and O–H groups in total. The molecule has 0 aromatic rings. The van der Waals surface area contributed by atoms with E-state index >= 15 is 0 Å². The number of aliphatic hydroxyl groups excluding tert-OH is 3. The molecule has 0 fully saturated rings. The molecule has 0 spiro atoms. The Morgan fingerprint density at radius 1 is 0.452 bits per heavy atom. The van der Waals surface area contributed by atoms with Gasteiger partial charge < -0.3 is 35.0 Å². The average molecular weight is 883 g/mol. The Morgan fingerprint density at radius 3 is 1.39 bits per heavy atom. The molecule has 0 saturated heterocycles. The van der Waals surface area contributed by atoms with E-state index in [1.165, 1.54) is 128 Å². The standard InChI is InChI=1S/C53H106N2O7/c1-4-7-10-13-16-17-18-24-34-48-61-52(59)39-29-25-32-45-55(46-33-30-42-54-43-35-38-50(57)51(58)41-47-56)44-31-23-19-22-28-40-53(60)62-49(36-26-20-14-11-8-5-2)37-27-21-15-12-9-6-3/h49-51,54,56-58H,4-48H2,1-3H3. The topological polar surface area (TPSA) is 129 Å². The first-order valence-electron chi connectivity index (χ1n) is 27.1. The number of unbranched alkanes of at least 4 members (excludes halogenated alkanes) is 25. The number of rotatable bonds is 51. The summed E-state index contributed by atoms with van der Waals surface area (Å²) in [4.78, 5) is 27.8. The molecule has 2 unspecified atom stereocenters. The fourth-order valence-electron chi connectivity index (χ4n) is 8.40. The second kappa shape index (κ2) is 49.2. The van der Waals surface area contributed by atoms with E-state index in [1.54, 1.807) is 0 Å². The zero-order chi connectivity index (χ0) is 45.4. The van der Waals surface area contributed by atoms with Crippen molar-refractivity contribution in [3.05, 3.63) is 0 Å². The molecular formula is C53H106N2O7. The van der Waals surface area contributed by atoms with Gasteiger partial charge in [-0.2, -0.15) is 0 Å². The highest BCUT2D eigenvalue weighted by atomic mass is 16.5. The normalized spacial score (nSPS) is 12.7. The summed E-state index contributed by atoms with van der Waals surface area (Å²) in [5.74, 6) is -0.0340. The minimum Gasteiger partial charge on any atom is -0.466 e. The first-order chi connectivity index (χ1) is 30.4. The number of carbonyl (C=O) groups excluding carboxylic acids is 2. The van der Waals surface area contributed by atoms with Crippen LogP contribution in [-0.4, -0.2) is 96.4 Å². The molecule has 0 amide bonds. The van der Waals surface area contributed by atoms with Crippen LogP contribution in [0.3, 0.4) is 0 Å². The van der Waals surface area contributed by atoms with Crippen LogP contribution >= 0.6 is 0 Å². The minimum atomic E-state index is -0.852. The summed E-state index contributed by atoms with van der Waals surface area (Å²) in [6.45, 7) is 12.2. The highest BCUT2D eigenvalue weighted by molar-refractivity contribution is 5.69. The van der Waals surface area contributed by atoms with Gasteiger partial charge in [0.25, 0.3) is 0 Å². The Labute approximate surface area is 384 Å². The van der Waals surface area contributed by atoms with Gasteiger partial charge in [-0.05, 0) is 123 Å². The lowest BCUT2D eigenvalue weighted by Crippen LogP contribution is -2.29. The van der Waals surface area contributed by atoms with Crippen LogP contribution < -0.4 is 5.32 Å². The van der Waals surface area contributed by atoms with Gasteiger partial charge in [-0.1, -0.05) is 162 Å². The van der Waals surface area contributed by atoms with Crippen molar-refractivity contribution in [1.82, 2.24) is 10.2 Å². The molecule has 0 radical (unpaired) electrons. The molecule has 0 saturated carbocycles. The van der Waals surface area contributed by atoms with Crippen molar-refractivity contribution in [3.63, 3.8) is 0 Å². The van der Waals surface area contributed by atoms with Crippen LogP contribution in [0.2, 0.25) is 0 Å². The van der Waals surface area contributed by atoms with Gasteiger partial charge >= 0.3 is 11.9 Å². The molecule has 9 nitrogen and oxygen atoms in total. The lowest BCUT2D eigenvalue weighted by Gasteiger charge is -2.22.